The maximum absolute atomic E-state index is 14.3. The molecular weight excluding hydrogens is 686 g/mol. The van der Waals surface area contributed by atoms with Crippen LogP contribution in [-0.2, 0) is 32.3 Å². The highest BCUT2D eigenvalue weighted by Crippen LogP contribution is 2.38. The summed E-state index contributed by atoms with van der Waals surface area (Å²) >= 11 is 18.7. The van der Waals surface area contributed by atoms with Gasteiger partial charge < -0.3 is 10.2 Å². The quantitative estimate of drug-likeness (QED) is 0.217. The monoisotopic (exact) mass is 717 g/mol. The molecule has 1 fully saturated rings. The standard InChI is InChI=1S/C32H33Cl3F3N3O4S/c1-2-29(31(43)39-21-10-5-3-6-11-21)40(19-24-26(33)14-9-15-27(24)34)30(42)20-41(46(44,45)23-12-7-4-8-13-23)22-16-17-28(35)25(18-22)32(36,37)38/h4,7-9,12-18,21,29H,2-3,5-6,10-11,19-20H2,1H3,(H,39,43)/t29-/m0/s1. The van der Waals surface area contributed by atoms with Crippen molar-refractivity contribution in [3.63, 3.8) is 0 Å². The number of benzene rings is 3. The Morgan fingerprint density at radius 1 is 0.913 bits per heavy atom. The zero-order valence-corrected chi connectivity index (χ0v) is 28.0. The van der Waals surface area contributed by atoms with Crippen molar-refractivity contribution in [3.05, 3.63) is 92.9 Å². The molecule has 1 saturated carbocycles. The van der Waals surface area contributed by atoms with Gasteiger partial charge in [-0.05, 0) is 61.7 Å². The highest BCUT2D eigenvalue weighted by molar-refractivity contribution is 7.92. The van der Waals surface area contributed by atoms with E-state index in [0.717, 1.165) is 44.2 Å². The maximum atomic E-state index is 14.3. The number of rotatable bonds is 11. The molecule has 1 aliphatic rings. The lowest BCUT2D eigenvalue weighted by Gasteiger charge is -2.35. The molecule has 0 aromatic heterocycles. The van der Waals surface area contributed by atoms with E-state index < -0.39 is 56.9 Å². The van der Waals surface area contributed by atoms with Crippen LogP contribution in [0.25, 0.3) is 0 Å². The fraction of sp³-hybridized carbons (Fsp3) is 0.375. The van der Waals surface area contributed by atoms with Crippen molar-refractivity contribution in [3.8, 4) is 0 Å². The number of carbonyl (C=O) groups is 2. The van der Waals surface area contributed by atoms with Crippen LogP contribution in [0.1, 0.15) is 56.6 Å². The van der Waals surface area contributed by atoms with Gasteiger partial charge in [0, 0.05) is 28.2 Å². The van der Waals surface area contributed by atoms with E-state index in [1.807, 2.05) is 0 Å². The lowest BCUT2D eigenvalue weighted by molar-refractivity contribution is -0.140. The van der Waals surface area contributed by atoms with Crippen LogP contribution in [0, 0.1) is 0 Å². The maximum Gasteiger partial charge on any atom is 0.417 e. The van der Waals surface area contributed by atoms with Gasteiger partial charge in [-0.25, -0.2) is 8.42 Å². The molecule has 2 amide bonds. The molecular formula is C32H33Cl3F3N3O4S. The normalized spacial score (nSPS) is 14.8. The molecule has 248 valence electrons. The van der Waals surface area contributed by atoms with Gasteiger partial charge in [-0.15, -0.1) is 0 Å². The molecule has 0 aliphatic heterocycles. The van der Waals surface area contributed by atoms with E-state index >= 15 is 0 Å². The number of carbonyl (C=O) groups excluding carboxylic acids is 2. The van der Waals surface area contributed by atoms with E-state index in [1.54, 1.807) is 31.2 Å². The predicted molar refractivity (Wildman–Crippen MR) is 174 cm³/mol. The summed E-state index contributed by atoms with van der Waals surface area (Å²) in [6.07, 6.45) is -0.222. The Kier molecular flexibility index (Phi) is 11.9. The topological polar surface area (TPSA) is 86.8 Å². The third kappa shape index (κ3) is 8.48. The number of sulfonamides is 1. The lowest BCUT2D eigenvalue weighted by atomic mass is 9.95. The summed E-state index contributed by atoms with van der Waals surface area (Å²) < 4.78 is 70.1. The van der Waals surface area contributed by atoms with Gasteiger partial charge in [0.15, 0.2) is 0 Å². The Hall–Kier alpha value is -2.99. The first kappa shape index (κ1) is 35.9. The first-order valence-electron chi connectivity index (χ1n) is 14.7. The second-order valence-electron chi connectivity index (χ2n) is 11.0. The number of nitrogens with zero attached hydrogens (tertiary/aromatic N) is 2. The van der Waals surface area contributed by atoms with Gasteiger partial charge in [-0.1, -0.05) is 85.3 Å². The lowest BCUT2D eigenvalue weighted by Crippen LogP contribution is -2.54. The summed E-state index contributed by atoms with van der Waals surface area (Å²) in [5.74, 6) is -1.29. The molecule has 0 unspecified atom stereocenters. The smallest absolute Gasteiger partial charge is 0.352 e. The van der Waals surface area contributed by atoms with Crippen LogP contribution < -0.4 is 9.62 Å². The van der Waals surface area contributed by atoms with Crippen molar-refractivity contribution in [1.29, 1.82) is 0 Å². The van der Waals surface area contributed by atoms with E-state index in [-0.39, 0.29) is 33.9 Å². The molecule has 3 aromatic rings. The van der Waals surface area contributed by atoms with Gasteiger partial charge in [0.1, 0.15) is 12.6 Å². The average molecular weight is 719 g/mol. The molecule has 0 heterocycles. The summed E-state index contributed by atoms with van der Waals surface area (Å²) in [5.41, 5.74) is -1.39. The predicted octanol–water partition coefficient (Wildman–Crippen LogP) is 8.12. The molecule has 4 rings (SSSR count). The number of hydrogen-bond acceptors (Lipinski definition) is 4. The van der Waals surface area contributed by atoms with E-state index in [9.17, 15) is 31.2 Å². The van der Waals surface area contributed by atoms with Crippen LogP contribution in [0.5, 0.6) is 0 Å². The van der Waals surface area contributed by atoms with Gasteiger partial charge in [-0.3, -0.25) is 13.9 Å². The molecule has 1 N–H and O–H groups in total. The highest BCUT2D eigenvalue weighted by atomic mass is 35.5. The Balaban J connectivity index is 1.79. The molecule has 3 aromatic carbocycles. The summed E-state index contributed by atoms with van der Waals surface area (Å²) in [6, 6.07) is 13.2. The van der Waals surface area contributed by atoms with Gasteiger partial charge in [0.25, 0.3) is 10.0 Å². The van der Waals surface area contributed by atoms with Crippen molar-refractivity contribution in [2.75, 3.05) is 10.8 Å². The van der Waals surface area contributed by atoms with E-state index in [1.165, 1.54) is 29.2 Å². The Bertz CT molecular complexity index is 1630. The van der Waals surface area contributed by atoms with Crippen LogP contribution in [0.2, 0.25) is 15.1 Å². The van der Waals surface area contributed by atoms with Crippen LogP contribution in [0.3, 0.4) is 0 Å². The Labute approximate surface area is 281 Å². The SMILES string of the molecule is CC[C@@H](C(=O)NC1CCCCC1)N(Cc1c(Cl)cccc1Cl)C(=O)CN(c1ccc(Cl)c(C(F)(F)F)c1)S(=O)(=O)c1ccccc1. The minimum absolute atomic E-state index is 0.0824. The molecule has 14 heteroatoms. The summed E-state index contributed by atoms with van der Waals surface area (Å²) in [4.78, 5) is 28.9. The molecule has 0 saturated heterocycles. The zero-order valence-electron chi connectivity index (χ0n) is 24.9. The van der Waals surface area contributed by atoms with Gasteiger partial charge >= 0.3 is 6.18 Å². The number of hydrogen-bond donors (Lipinski definition) is 1. The first-order valence-corrected chi connectivity index (χ1v) is 17.3. The third-order valence-corrected chi connectivity index (χ3v) is 10.7. The highest BCUT2D eigenvalue weighted by Gasteiger charge is 2.38. The molecule has 7 nitrogen and oxygen atoms in total. The second kappa shape index (κ2) is 15.3. The minimum Gasteiger partial charge on any atom is -0.352 e. The van der Waals surface area contributed by atoms with Crippen LogP contribution in [0.4, 0.5) is 18.9 Å². The van der Waals surface area contributed by atoms with Crippen LogP contribution in [0.15, 0.2) is 71.6 Å². The second-order valence-corrected chi connectivity index (χ2v) is 14.1. The van der Waals surface area contributed by atoms with Crippen molar-refractivity contribution >= 4 is 62.3 Å². The van der Waals surface area contributed by atoms with Crippen molar-refractivity contribution in [2.45, 2.75) is 75.1 Å². The molecule has 1 atom stereocenters. The summed E-state index contributed by atoms with van der Waals surface area (Å²) in [5, 5.41) is 2.82. The molecule has 0 bridgehead atoms. The Morgan fingerprint density at radius 3 is 2.13 bits per heavy atom. The molecule has 0 radical (unpaired) electrons. The van der Waals surface area contributed by atoms with Crippen molar-refractivity contribution in [2.24, 2.45) is 0 Å². The first-order chi connectivity index (χ1) is 21.7. The number of halogens is 6. The van der Waals surface area contributed by atoms with Crippen LogP contribution in [-0.4, -0.2) is 43.8 Å². The van der Waals surface area contributed by atoms with E-state index in [2.05, 4.69) is 5.32 Å². The van der Waals surface area contributed by atoms with Crippen LogP contribution >= 0.6 is 34.8 Å². The van der Waals surface area contributed by atoms with Crippen molar-refractivity contribution in [1.82, 2.24) is 10.2 Å². The van der Waals surface area contributed by atoms with E-state index in [0.29, 0.717) is 15.9 Å². The summed E-state index contributed by atoms with van der Waals surface area (Å²) in [7, 11) is -4.60. The number of anilines is 1. The van der Waals surface area contributed by atoms with E-state index in [4.69, 9.17) is 34.8 Å². The molecule has 0 spiro atoms. The average Bonchev–Trinajstić information content (AvgIpc) is 3.01. The fourth-order valence-corrected chi connectivity index (χ4v) is 7.62. The minimum atomic E-state index is -4.91. The fourth-order valence-electron chi connectivity index (χ4n) is 5.45. The van der Waals surface area contributed by atoms with Gasteiger partial charge in [0.05, 0.1) is 21.2 Å². The summed E-state index contributed by atoms with van der Waals surface area (Å²) in [6.45, 7) is 0.500. The van der Waals surface area contributed by atoms with Gasteiger partial charge in [-0.2, -0.15) is 13.2 Å². The molecule has 46 heavy (non-hydrogen) atoms. The largest absolute Gasteiger partial charge is 0.417 e. The number of nitrogens with one attached hydrogen (secondary N) is 1. The number of amides is 2. The van der Waals surface area contributed by atoms with Gasteiger partial charge in [0.2, 0.25) is 11.8 Å². The zero-order chi connectivity index (χ0) is 33.6. The third-order valence-electron chi connectivity index (χ3n) is 7.88. The van der Waals surface area contributed by atoms with Crippen molar-refractivity contribution < 1.29 is 31.2 Å². The number of alkyl halides is 3. The Morgan fingerprint density at radius 2 is 1.54 bits per heavy atom. The molecule has 1 aliphatic carbocycles.